The molecule has 7 heteroatoms. The lowest BCUT2D eigenvalue weighted by atomic mass is 9.93. The van der Waals surface area contributed by atoms with E-state index in [1.165, 1.54) is 9.80 Å². The van der Waals surface area contributed by atoms with Gasteiger partial charge in [0.1, 0.15) is 11.6 Å². The van der Waals surface area contributed by atoms with Gasteiger partial charge in [-0.25, -0.2) is 9.59 Å². The third kappa shape index (κ3) is 2.45. The lowest BCUT2D eigenvalue weighted by Crippen LogP contribution is -2.58. The molecule has 2 rings (SSSR count). The summed E-state index contributed by atoms with van der Waals surface area (Å²) in [4.78, 5) is 39.3. The number of amides is 3. The number of carboxylic acids is 1. The van der Waals surface area contributed by atoms with Crippen molar-refractivity contribution in [3.63, 3.8) is 0 Å². The first kappa shape index (κ1) is 15.6. The Hall–Kier alpha value is -1.79. The minimum absolute atomic E-state index is 0.183. The molecule has 21 heavy (non-hydrogen) atoms. The topological polar surface area (TPSA) is 90.0 Å². The lowest BCUT2D eigenvalue weighted by Gasteiger charge is -2.37. The summed E-state index contributed by atoms with van der Waals surface area (Å²) in [5.41, 5.74) is -1.12. The molecule has 118 valence electrons. The molecule has 0 bridgehead atoms. The summed E-state index contributed by atoms with van der Waals surface area (Å²) in [6.07, 6.45) is 2.94. The molecule has 2 N–H and O–H groups in total. The van der Waals surface area contributed by atoms with Crippen LogP contribution in [0.2, 0.25) is 0 Å². The van der Waals surface area contributed by atoms with Crippen molar-refractivity contribution in [1.29, 1.82) is 0 Å². The minimum Gasteiger partial charge on any atom is -0.479 e. The molecular weight excluding hydrogens is 274 g/mol. The first-order chi connectivity index (χ1) is 9.97. The summed E-state index contributed by atoms with van der Waals surface area (Å²) in [5.74, 6) is -1.14. The van der Waals surface area contributed by atoms with Crippen LogP contribution in [0, 0.1) is 0 Å². The van der Waals surface area contributed by atoms with Crippen molar-refractivity contribution in [3.05, 3.63) is 0 Å². The van der Waals surface area contributed by atoms with E-state index in [2.05, 4.69) is 5.32 Å². The first-order valence-corrected chi connectivity index (χ1v) is 7.51. The second-order valence-electron chi connectivity index (χ2n) is 5.69. The van der Waals surface area contributed by atoms with Crippen LogP contribution in [0.15, 0.2) is 0 Å². The number of nitrogens with one attached hydrogen (secondary N) is 1. The maximum Gasteiger partial charge on any atom is 0.329 e. The van der Waals surface area contributed by atoms with Crippen molar-refractivity contribution >= 4 is 17.9 Å². The van der Waals surface area contributed by atoms with Gasteiger partial charge in [0.05, 0.1) is 0 Å². The number of likely N-dealkylation sites (N-methyl/N-ethyl adjacent to an activating group) is 1. The van der Waals surface area contributed by atoms with E-state index in [4.69, 9.17) is 0 Å². The molecule has 2 aliphatic rings. The Kier molecular flexibility index (Phi) is 4.39. The predicted molar refractivity (Wildman–Crippen MR) is 75.8 cm³/mol. The molecule has 2 saturated heterocycles. The molecule has 0 spiro atoms. The van der Waals surface area contributed by atoms with E-state index in [-0.39, 0.29) is 11.9 Å². The number of likely N-dealkylation sites (tertiary alicyclic amines) is 2. The van der Waals surface area contributed by atoms with Crippen LogP contribution in [-0.2, 0) is 9.59 Å². The van der Waals surface area contributed by atoms with Crippen LogP contribution < -0.4 is 5.32 Å². The van der Waals surface area contributed by atoms with Gasteiger partial charge in [-0.05, 0) is 32.1 Å². The fourth-order valence-corrected chi connectivity index (χ4v) is 3.49. The Morgan fingerprint density at radius 3 is 2.57 bits per heavy atom. The maximum atomic E-state index is 12.8. The van der Waals surface area contributed by atoms with Gasteiger partial charge in [0.25, 0.3) is 0 Å². The van der Waals surface area contributed by atoms with Crippen LogP contribution in [0.5, 0.6) is 0 Å². The largest absolute Gasteiger partial charge is 0.479 e. The molecule has 7 nitrogen and oxygen atoms in total. The molecule has 0 radical (unpaired) electrons. The molecule has 0 aromatic carbocycles. The fraction of sp³-hybridized carbons (Fsp3) is 0.786. The Balaban J connectivity index is 2.22. The molecule has 2 heterocycles. The molecule has 2 fully saturated rings. The van der Waals surface area contributed by atoms with E-state index in [0.29, 0.717) is 38.8 Å². The van der Waals surface area contributed by atoms with Crippen LogP contribution in [0.3, 0.4) is 0 Å². The summed E-state index contributed by atoms with van der Waals surface area (Å²) in [6, 6.07) is -0.797. The van der Waals surface area contributed by atoms with Crippen LogP contribution in [-0.4, -0.2) is 64.5 Å². The average molecular weight is 297 g/mol. The number of urea groups is 1. The summed E-state index contributed by atoms with van der Waals surface area (Å²) in [5, 5.41) is 12.1. The van der Waals surface area contributed by atoms with Crippen molar-refractivity contribution in [3.8, 4) is 0 Å². The van der Waals surface area contributed by atoms with Gasteiger partial charge in [0.2, 0.25) is 5.91 Å². The zero-order valence-electron chi connectivity index (χ0n) is 12.6. The van der Waals surface area contributed by atoms with Crippen molar-refractivity contribution in [2.75, 3.05) is 20.1 Å². The quantitative estimate of drug-likeness (QED) is 0.800. The van der Waals surface area contributed by atoms with Gasteiger partial charge in [-0.1, -0.05) is 6.92 Å². The van der Waals surface area contributed by atoms with E-state index in [1.54, 1.807) is 14.0 Å². The number of hydrogen-bond donors (Lipinski definition) is 2. The summed E-state index contributed by atoms with van der Waals surface area (Å²) < 4.78 is 0. The van der Waals surface area contributed by atoms with Crippen LogP contribution in [0.4, 0.5) is 4.79 Å². The number of nitrogens with zero attached hydrogens (tertiary/aromatic N) is 2. The zero-order valence-corrected chi connectivity index (χ0v) is 12.6. The monoisotopic (exact) mass is 297 g/mol. The molecule has 0 aromatic heterocycles. The molecule has 0 aromatic rings. The highest BCUT2D eigenvalue weighted by Crippen LogP contribution is 2.35. The third-order valence-corrected chi connectivity index (χ3v) is 4.75. The van der Waals surface area contributed by atoms with E-state index in [1.807, 2.05) is 0 Å². The highest BCUT2D eigenvalue weighted by molar-refractivity contribution is 5.91. The maximum absolute atomic E-state index is 12.8. The second kappa shape index (κ2) is 5.91. The number of aliphatic carboxylic acids is 1. The van der Waals surface area contributed by atoms with Gasteiger partial charge in [-0.15, -0.1) is 0 Å². The van der Waals surface area contributed by atoms with E-state index < -0.39 is 17.6 Å². The minimum atomic E-state index is -1.12. The van der Waals surface area contributed by atoms with Gasteiger partial charge in [0.15, 0.2) is 0 Å². The van der Waals surface area contributed by atoms with Gasteiger partial charge in [-0.2, -0.15) is 0 Å². The Morgan fingerprint density at radius 1 is 1.29 bits per heavy atom. The first-order valence-electron chi connectivity index (χ1n) is 7.51. The van der Waals surface area contributed by atoms with Gasteiger partial charge in [0, 0.05) is 20.1 Å². The smallest absolute Gasteiger partial charge is 0.329 e. The van der Waals surface area contributed by atoms with Crippen molar-refractivity contribution in [2.24, 2.45) is 0 Å². The summed E-state index contributed by atoms with van der Waals surface area (Å²) in [7, 11) is 1.55. The Labute approximate surface area is 124 Å². The van der Waals surface area contributed by atoms with Gasteiger partial charge in [-0.3, -0.25) is 4.79 Å². The van der Waals surface area contributed by atoms with Crippen LogP contribution >= 0.6 is 0 Å². The normalized spacial score (nSPS) is 28.8. The predicted octanol–water partition coefficient (Wildman–Crippen LogP) is 0.646. The van der Waals surface area contributed by atoms with Crippen LogP contribution in [0.1, 0.15) is 39.0 Å². The molecule has 2 aliphatic heterocycles. The highest BCUT2D eigenvalue weighted by atomic mass is 16.4. The van der Waals surface area contributed by atoms with Crippen molar-refractivity contribution in [1.82, 2.24) is 15.1 Å². The number of rotatable bonds is 3. The molecule has 2 atom stereocenters. The van der Waals surface area contributed by atoms with Gasteiger partial charge < -0.3 is 20.2 Å². The van der Waals surface area contributed by atoms with Crippen molar-refractivity contribution < 1.29 is 19.5 Å². The number of hydrogen-bond acceptors (Lipinski definition) is 3. The Bertz CT molecular complexity index is 454. The second-order valence-corrected chi connectivity index (χ2v) is 5.69. The Morgan fingerprint density at radius 2 is 2.00 bits per heavy atom. The zero-order chi connectivity index (χ0) is 15.6. The highest BCUT2D eigenvalue weighted by Gasteiger charge is 2.51. The van der Waals surface area contributed by atoms with E-state index >= 15 is 0 Å². The van der Waals surface area contributed by atoms with E-state index in [0.717, 1.165) is 6.42 Å². The summed E-state index contributed by atoms with van der Waals surface area (Å²) >= 11 is 0. The lowest BCUT2D eigenvalue weighted by molar-refractivity contribution is -0.148. The molecule has 0 saturated carbocycles. The number of carboxylic acid groups (broad SMARTS) is 1. The molecule has 3 amide bonds. The average Bonchev–Trinajstić information content (AvgIpc) is 3.12. The van der Waals surface area contributed by atoms with Crippen molar-refractivity contribution in [2.45, 2.75) is 50.6 Å². The number of carbonyl (C=O) groups is 3. The third-order valence-electron chi connectivity index (χ3n) is 4.75. The molecule has 0 aliphatic carbocycles. The number of carbonyl (C=O) groups excluding carboxylic acids is 2. The van der Waals surface area contributed by atoms with Crippen LogP contribution in [0.25, 0.3) is 0 Å². The van der Waals surface area contributed by atoms with E-state index in [9.17, 15) is 19.5 Å². The fourth-order valence-electron chi connectivity index (χ4n) is 3.49. The standard InChI is InChI=1S/C14H23N3O4/c1-3-14(12(19)20)7-5-9-17(14)13(21)16-8-4-6-10(16)11(18)15-2/h10H,3-9H2,1-2H3,(H,15,18)(H,19,20). The molecule has 2 unspecified atom stereocenters. The SMILES string of the molecule is CCC1(C(=O)O)CCCN1C(=O)N1CCCC1C(=O)NC. The van der Waals surface area contributed by atoms with Gasteiger partial charge >= 0.3 is 12.0 Å². The summed E-state index contributed by atoms with van der Waals surface area (Å²) in [6.45, 7) is 2.74. The molecular formula is C14H23N3O4.